The minimum atomic E-state index is -3.46. The van der Waals surface area contributed by atoms with Crippen molar-refractivity contribution in [3.63, 3.8) is 0 Å². The summed E-state index contributed by atoms with van der Waals surface area (Å²) in [5.74, 6) is -0.0804. The van der Waals surface area contributed by atoms with Gasteiger partial charge in [0, 0.05) is 31.1 Å². The van der Waals surface area contributed by atoms with Crippen molar-refractivity contribution < 1.29 is 13.2 Å². The molecule has 0 atom stereocenters. The fourth-order valence-corrected chi connectivity index (χ4v) is 4.96. The lowest BCUT2D eigenvalue weighted by molar-refractivity contribution is -0.117. The molecule has 1 saturated heterocycles. The summed E-state index contributed by atoms with van der Waals surface area (Å²) >= 11 is 0. The standard InChI is InChI=1S/C19H26N2O3S/c1-14(2)20-19(22)17-11-15-7-8-18(13-16(15)12-17)25(23,24)21-9-5-3-4-6-10-21/h7-8,12-14H,3-6,9-11H2,1-2H3,(H,20,22). The van der Waals surface area contributed by atoms with Crippen LogP contribution in [0.2, 0.25) is 0 Å². The highest BCUT2D eigenvalue weighted by Crippen LogP contribution is 2.29. The molecule has 5 nitrogen and oxygen atoms in total. The number of carbonyl (C=O) groups is 1. The molecule has 6 heteroatoms. The van der Waals surface area contributed by atoms with Crippen molar-refractivity contribution in [3.05, 3.63) is 34.9 Å². The van der Waals surface area contributed by atoms with E-state index >= 15 is 0 Å². The van der Waals surface area contributed by atoms with E-state index in [-0.39, 0.29) is 11.9 Å². The van der Waals surface area contributed by atoms with E-state index in [1.807, 2.05) is 26.0 Å². The van der Waals surface area contributed by atoms with Gasteiger partial charge >= 0.3 is 0 Å². The van der Waals surface area contributed by atoms with Crippen LogP contribution in [0.25, 0.3) is 6.08 Å². The Kier molecular flexibility index (Phi) is 5.29. The van der Waals surface area contributed by atoms with Gasteiger partial charge in [-0.3, -0.25) is 4.79 Å². The van der Waals surface area contributed by atoms with Crippen molar-refractivity contribution in [1.29, 1.82) is 0 Å². The number of fused-ring (bicyclic) bond motifs is 1. The van der Waals surface area contributed by atoms with Gasteiger partial charge < -0.3 is 5.32 Å². The predicted molar refractivity (Wildman–Crippen MR) is 98.6 cm³/mol. The third kappa shape index (κ3) is 3.96. The number of rotatable bonds is 4. The van der Waals surface area contributed by atoms with Gasteiger partial charge in [0.1, 0.15) is 0 Å². The number of nitrogens with one attached hydrogen (secondary N) is 1. The smallest absolute Gasteiger partial charge is 0.247 e. The second-order valence-electron chi connectivity index (χ2n) is 7.15. The summed E-state index contributed by atoms with van der Waals surface area (Å²) in [4.78, 5) is 12.5. The van der Waals surface area contributed by atoms with E-state index in [1.54, 1.807) is 16.4 Å². The molecular weight excluding hydrogens is 336 g/mol. The Morgan fingerprint density at radius 2 is 1.80 bits per heavy atom. The maximum absolute atomic E-state index is 12.9. The van der Waals surface area contributed by atoms with Crippen molar-refractivity contribution in [2.24, 2.45) is 0 Å². The molecule has 3 rings (SSSR count). The zero-order valence-electron chi connectivity index (χ0n) is 14.9. The Hall–Kier alpha value is -1.66. The maximum Gasteiger partial charge on any atom is 0.247 e. The van der Waals surface area contributed by atoms with E-state index in [4.69, 9.17) is 0 Å². The summed E-state index contributed by atoms with van der Waals surface area (Å²) < 4.78 is 27.5. The molecule has 1 fully saturated rings. The normalized spacial score (nSPS) is 18.6. The number of hydrogen-bond donors (Lipinski definition) is 1. The number of hydrogen-bond acceptors (Lipinski definition) is 3. The van der Waals surface area contributed by atoms with Crippen LogP contribution in [-0.4, -0.2) is 37.8 Å². The first kappa shape index (κ1) is 18.1. The van der Waals surface area contributed by atoms with E-state index in [2.05, 4.69) is 5.32 Å². The number of sulfonamides is 1. The van der Waals surface area contributed by atoms with Crippen LogP contribution in [0.15, 0.2) is 28.7 Å². The minimum absolute atomic E-state index is 0.0797. The van der Waals surface area contributed by atoms with Gasteiger partial charge in [0.05, 0.1) is 4.90 Å². The highest BCUT2D eigenvalue weighted by atomic mass is 32.2. The molecule has 2 aliphatic rings. The van der Waals surface area contributed by atoms with Crippen LogP contribution >= 0.6 is 0 Å². The van der Waals surface area contributed by atoms with E-state index in [9.17, 15) is 13.2 Å². The fourth-order valence-electron chi connectivity index (χ4n) is 3.40. The molecule has 1 N–H and O–H groups in total. The van der Waals surface area contributed by atoms with Crippen LogP contribution < -0.4 is 5.32 Å². The third-order valence-corrected chi connectivity index (χ3v) is 6.64. The summed E-state index contributed by atoms with van der Waals surface area (Å²) in [5.41, 5.74) is 2.53. The second kappa shape index (κ2) is 7.30. The molecule has 25 heavy (non-hydrogen) atoms. The number of amides is 1. The maximum atomic E-state index is 12.9. The van der Waals surface area contributed by atoms with Crippen molar-refractivity contribution in [1.82, 2.24) is 9.62 Å². The summed E-state index contributed by atoms with van der Waals surface area (Å²) in [6, 6.07) is 5.31. The van der Waals surface area contributed by atoms with Gasteiger partial charge in [-0.1, -0.05) is 18.9 Å². The van der Waals surface area contributed by atoms with Crippen LogP contribution in [0.1, 0.15) is 50.7 Å². The molecule has 0 aromatic heterocycles. The molecule has 1 aromatic carbocycles. The van der Waals surface area contributed by atoms with E-state index in [0.29, 0.717) is 30.0 Å². The van der Waals surface area contributed by atoms with Crippen molar-refractivity contribution in [2.45, 2.75) is 56.9 Å². The van der Waals surface area contributed by atoms with Crippen LogP contribution in [0.3, 0.4) is 0 Å². The predicted octanol–water partition coefficient (Wildman–Crippen LogP) is 2.72. The number of carbonyl (C=O) groups excluding carboxylic acids is 1. The lowest BCUT2D eigenvalue weighted by atomic mass is 10.1. The van der Waals surface area contributed by atoms with E-state index in [0.717, 1.165) is 36.8 Å². The highest BCUT2D eigenvalue weighted by Gasteiger charge is 2.27. The van der Waals surface area contributed by atoms with Gasteiger partial charge in [0.15, 0.2) is 0 Å². The van der Waals surface area contributed by atoms with E-state index < -0.39 is 10.0 Å². The topological polar surface area (TPSA) is 66.5 Å². The molecule has 0 bridgehead atoms. The molecule has 136 valence electrons. The monoisotopic (exact) mass is 362 g/mol. The van der Waals surface area contributed by atoms with Crippen LogP contribution in [-0.2, 0) is 21.2 Å². The van der Waals surface area contributed by atoms with Gasteiger partial charge in [-0.25, -0.2) is 8.42 Å². The lowest BCUT2D eigenvalue weighted by Crippen LogP contribution is -2.32. The summed E-state index contributed by atoms with van der Waals surface area (Å²) in [6.07, 6.45) is 6.39. The van der Waals surface area contributed by atoms with Gasteiger partial charge in [-0.05, 0) is 56.0 Å². The van der Waals surface area contributed by atoms with Crippen molar-refractivity contribution in [2.75, 3.05) is 13.1 Å². The lowest BCUT2D eigenvalue weighted by Gasteiger charge is -2.20. The molecular formula is C19H26N2O3S. The van der Waals surface area contributed by atoms with Crippen LogP contribution in [0.4, 0.5) is 0 Å². The zero-order valence-corrected chi connectivity index (χ0v) is 15.7. The largest absolute Gasteiger partial charge is 0.350 e. The Labute approximate surface area is 150 Å². The van der Waals surface area contributed by atoms with Crippen LogP contribution in [0, 0.1) is 0 Å². The summed E-state index contributed by atoms with van der Waals surface area (Å²) in [5, 5.41) is 2.89. The third-order valence-electron chi connectivity index (χ3n) is 4.74. The Morgan fingerprint density at radius 1 is 1.12 bits per heavy atom. The Bertz CT molecular complexity index is 789. The average Bonchev–Trinajstić information content (AvgIpc) is 2.78. The average molecular weight is 362 g/mol. The van der Waals surface area contributed by atoms with Crippen molar-refractivity contribution in [3.8, 4) is 0 Å². The molecule has 0 unspecified atom stereocenters. The Balaban J connectivity index is 1.84. The first-order valence-corrected chi connectivity index (χ1v) is 10.5. The zero-order chi connectivity index (χ0) is 18.0. The quantitative estimate of drug-likeness (QED) is 0.895. The molecule has 0 radical (unpaired) electrons. The second-order valence-corrected chi connectivity index (χ2v) is 9.09. The number of nitrogens with zero attached hydrogens (tertiary/aromatic N) is 1. The van der Waals surface area contributed by atoms with Gasteiger partial charge in [0.25, 0.3) is 0 Å². The highest BCUT2D eigenvalue weighted by molar-refractivity contribution is 7.89. The number of benzene rings is 1. The SMILES string of the molecule is CC(C)NC(=O)C1=Cc2cc(S(=O)(=O)N3CCCCCC3)ccc2C1. The first-order chi connectivity index (χ1) is 11.9. The van der Waals surface area contributed by atoms with Crippen molar-refractivity contribution >= 4 is 22.0 Å². The molecule has 1 heterocycles. The molecule has 1 aromatic rings. The molecule has 0 saturated carbocycles. The Morgan fingerprint density at radius 3 is 2.44 bits per heavy atom. The molecule has 1 aliphatic heterocycles. The molecule has 0 spiro atoms. The summed E-state index contributed by atoms with van der Waals surface area (Å²) in [7, 11) is -3.46. The first-order valence-electron chi connectivity index (χ1n) is 9.02. The van der Waals surface area contributed by atoms with Crippen LogP contribution in [0.5, 0.6) is 0 Å². The molecule has 1 aliphatic carbocycles. The van der Waals surface area contributed by atoms with Gasteiger partial charge in [0.2, 0.25) is 15.9 Å². The molecule has 1 amide bonds. The minimum Gasteiger partial charge on any atom is -0.350 e. The van der Waals surface area contributed by atoms with E-state index in [1.165, 1.54) is 0 Å². The fraction of sp³-hybridized carbons (Fsp3) is 0.526. The summed E-state index contributed by atoms with van der Waals surface area (Å²) in [6.45, 7) is 5.04. The van der Waals surface area contributed by atoms with Gasteiger partial charge in [-0.15, -0.1) is 0 Å². The van der Waals surface area contributed by atoms with Gasteiger partial charge in [-0.2, -0.15) is 4.31 Å².